The molecule has 0 bridgehead atoms. The van der Waals surface area contributed by atoms with Crippen LogP contribution in [0.2, 0.25) is 0 Å². The summed E-state index contributed by atoms with van der Waals surface area (Å²) in [6.07, 6.45) is 0.775. The Morgan fingerprint density at radius 1 is 0.909 bits per heavy atom. The fourth-order valence-corrected chi connectivity index (χ4v) is 1.78. The third-order valence-corrected chi connectivity index (χ3v) is 2.77. The van der Waals surface area contributed by atoms with Crippen molar-refractivity contribution in [3.8, 4) is 11.1 Å². The fraction of sp³-hybridized carbons (Fsp3) is 0.0769. The Morgan fingerprint density at radius 3 is 1.91 bits per heavy atom. The minimum Gasteiger partial charge on any atom is -0.465 e. The predicted octanol–water partition coefficient (Wildman–Crippen LogP) is 3.37. The number of rotatable bonds is 2. The van der Waals surface area contributed by atoms with Crippen molar-refractivity contribution in [2.75, 3.05) is 7.11 Å². The van der Waals surface area contributed by atoms with Gasteiger partial charge in [0.2, 0.25) is 11.8 Å². The second-order valence-electron chi connectivity index (χ2n) is 3.96. The monoisotopic (exact) mass is 321 g/mol. The predicted molar refractivity (Wildman–Crippen MR) is 60.8 cm³/mol. The van der Waals surface area contributed by atoms with Crippen molar-refractivity contribution >= 4 is 5.97 Å². The number of benzene rings is 1. The molecule has 3 nitrogen and oxygen atoms in total. The number of nitrogens with zero attached hydrogens (tertiary/aromatic N) is 1. The van der Waals surface area contributed by atoms with E-state index >= 15 is 0 Å². The fourth-order valence-electron chi connectivity index (χ4n) is 1.78. The van der Waals surface area contributed by atoms with Gasteiger partial charge in [-0.1, -0.05) is 0 Å². The van der Waals surface area contributed by atoms with Crippen molar-refractivity contribution in [2.24, 2.45) is 0 Å². The summed E-state index contributed by atoms with van der Waals surface area (Å²) in [5.41, 5.74) is -3.51. The van der Waals surface area contributed by atoms with Crippen LogP contribution < -0.4 is 0 Å². The highest BCUT2D eigenvalue weighted by Gasteiger charge is 2.31. The molecule has 0 saturated heterocycles. The van der Waals surface area contributed by atoms with Gasteiger partial charge >= 0.3 is 5.97 Å². The Kier molecular flexibility index (Phi) is 4.07. The van der Waals surface area contributed by atoms with Crippen molar-refractivity contribution in [1.29, 1.82) is 0 Å². The molecule has 0 atom stereocenters. The number of carbonyl (C=O) groups is 1. The lowest BCUT2D eigenvalue weighted by Gasteiger charge is -2.12. The maximum Gasteiger partial charge on any atom is 0.338 e. The number of aromatic nitrogens is 1. The van der Waals surface area contributed by atoms with Crippen LogP contribution in [0.3, 0.4) is 0 Å². The van der Waals surface area contributed by atoms with Gasteiger partial charge in [-0.25, -0.2) is 31.7 Å². The average Bonchev–Trinajstić information content (AvgIpc) is 2.51. The van der Waals surface area contributed by atoms with Crippen LogP contribution in [0.1, 0.15) is 10.4 Å². The summed E-state index contributed by atoms with van der Waals surface area (Å²) in [7, 11) is 0.892. The molecular formula is C13H5F6NO2. The standard InChI is InChI=1S/C13H5F6NO2/c1-22-13(21)4-2-3-20-12(19)5(4)6-7(14)9(16)11(18)10(17)8(6)15/h2-3H,1H3. The topological polar surface area (TPSA) is 39.2 Å². The number of halogens is 6. The van der Waals surface area contributed by atoms with E-state index in [1.54, 1.807) is 0 Å². The normalized spacial score (nSPS) is 10.7. The van der Waals surface area contributed by atoms with Gasteiger partial charge in [-0.15, -0.1) is 0 Å². The summed E-state index contributed by atoms with van der Waals surface area (Å²) in [4.78, 5) is 14.5. The van der Waals surface area contributed by atoms with Gasteiger partial charge in [0.1, 0.15) is 0 Å². The van der Waals surface area contributed by atoms with Crippen LogP contribution in [0.5, 0.6) is 0 Å². The van der Waals surface area contributed by atoms with E-state index in [1.165, 1.54) is 0 Å². The van der Waals surface area contributed by atoms with E-state index in [9.17, 15) is 31.1 Å². The molecule has 0 aliphatic heterocycles. The zero-order valence-corrected chi connectivity index (χ0v) is 10.7. The Labute approximate surface area is 119 Å². The first kappa shape index (κ1) is 15.8. The number of carbonyl (C=O) groups excluding carboxylic acids is 1. The lowest BCUT2D eigenvalue weighted by molar-refractivity contribution is 0.0601. The first-order valence-electron chi connectivity index (χ1n) is 5.55. The maximum atomic E-state index is 13.8. The molecule has 9 heteroatoms. The molecule has 1 aromatic heterocycles. The summed E-state index contributed by atoms with van der Waals surface area (Å²) < 4.78 is 85.0. The molecule has 0 aliphatic carbocycles. The molecule has 22 heavy (non-hydrogen) atoms. The minimum atomic E-state index is -2.40. The number of ether oxygens (including phenoxy) is 1. The Morgan fingerprint density at radius 2 is 1.41 bits per heavy atom. The first-order valence-corrected chi connectivity index (χ1v) is 5.55. The van der Waals surface area contributed by atoms with Crippen molar-refractivity contribution in [2.45, 2.75) is 0 Å². The number of pyridine rings is 1. The van der Waals surface area contributed by atoms with Crippen molar-refractivity contribution in [1.82, 2.24) is 4.98 Å². The van der Waals surface area contributed by atoms with Crippen molar-refractivity contribution in [3.63, 3.8) is 0 Å². The second kappa shape index (κ2) is 5.66. The largest absolute Gasteiger partial charge is 0.465 e. The number of esters is 1. The van der Waals surface area contributed by atoms with Gasteiger partial charge in [-0.2, -0.15) is 4.39 Å². The van der Waals surface area contributed by atoms with E-state index in [4.69, 9.17) is 0 Å². The Hall–Kier alpha value is -2.58. The molecule has 1 heterocycles. The van der Waals surface area contributed by atoms with Crippen molar-refractivity contribution < 1.29 is 35.9 Å². The summed E-state index contributed by atoms with van der Waals surface area (Å²) in [5, 5.41) is 0. The van der Waals surface area contributed by atoms with Gasteiger partial charge in [0, 0.05) is 6.20 Å². The highest BCUT2D eigenvalue weighted by atomic mass is 19.2. The maximum absolute atomic E-state index is 13.8. The summed E-state index contributed by atoms with van der Waals surface area (Å²) in [5.74, 6) is -14.3. The van der Waals surface area contributed by atoms with Crippen LogP contribution in [0.15, 0.2) is 12.3 Å². The molecule has 0 aliphatic rings. The molecule has 0 N–H and O–H groups in total. The SMILES string of the molecule is COC(=O)c1ccnc(F)c1-c1c(F)c(F)c(F)c(F)c1F. The van der Waals surface area contributed by atoms with Crippen LogP contribution in [-0.2, 0) is 4.74 Å². The van der Waals surface area contributed by atoms with E-state index < -0.39 is 57.7 Å². The minimum absolute atomic E-state index is 0.738. The smallest absolute Gasteiger partial charge is 0.338 e. The van der Waals surface area contributed by atoms with Crippen LogP contribution in [0, 0.1) is 35.0 Å². The van der Waals surface area contributed by atoms with Crippen LogP contribution in [0.4, 0.5) is 26.3 Å². The third kappa shape index (κ3) is 2.28. The first-order chi connectivity index (χ1) is 10.3. The van der Waals surface area contributed by atoms with Gasteiger partial charge in [-0.3, -0.25) is 0 Å². The lowest BCUT2D eigenvalue weighted by Crippen LogP contribution is -2.11. The van der Waals surface area contributed by atoms with E-state index in [1.807, 2.05) is 0 Å². The molecule has 0 saturated carbocycles. The molecule has 1 aromatic carbocycles. The molecular weight excluding hydrogens is 316 g/mol. The Bertz CT molecular complexity index is 749. The third-order valence-electron chi connectivity index (χ3n) is 2.77. The second-order valence-corrected chi connectivity index (χ2v) is 3.96. The number of methoxy groups -OCH3 is 1. The lowest BCUT2D eigenvalue weighted by atomic mass is 9.99. The molecule has 0 fully saturated rings. The van der Waals surface area contributed by atoms with Crippen LogP contribution >= 0.6 is 0 Å². The van der Waals surface area contributed by atoms with Gasteiger partial charge in [0.15, 0.2) is 23.3 Å². The Balaban J connectivity index is 2.93. The van der Waals surface area contributed by atoms with Crippen LogP contribution in [-0.4, -0.2) is 18.1 Å². The van der Waals surface area contributed by atoms with E-state index in [-0.39, 0.29) is 0 Å². The zero-order chi connectivity index (χ0) is 16.6. The molecule has 0 amide bonds. The van der Waals surface area contributed by atoms with E-state index in [0.717, 1.165) is 19.4 Å². The van der Waals surface area contributed by atoms with Gasteiger partial charge in [-0.05, 0) is 6.07 Å². The van der Waals surface area contributed by atoms with E-state index in [2.05, 4.69) is 9.72 Å². The summed E-state index contributed by atoms with van der Waals surface area (Å²) >= 11 is 0. The molecule has 2 aromatic rings. The molecule has 0 unspecified atom stereocenters. The van der Waals surface area contributed by atoms with Crippen molar-refractivity contribution in [3.05, 3.63) is 52.9 Å². The highest BCUT2D eigenvalue weighted by molar-refractivity contribution is 5.97. The molecule has 0 spiro atoms. The van der Waals surface area contributed by atoms with Gasteiger partial charge < -0.3 is 4.74 Å². The molecule has 116 valence electrons. The summed E-state index contributed by atoms with van der Waals surface area (Å²) in [6, 6.07) is 0.822. The average molecular weight is 321 g/mol. The quantitative estimate of drug-likeness (QED) is 0.280. The summed E-state index contributed by atoms with van der Waals surface area (Å²) in [6.45, 7) is 0. The number of hydrogen-bond acceptors (Lipinski definition) is 3. The molecule has 2 rings (SSSR count). The van der Waals surface area contributed by atoms with Gasteiger partial charge in [0.05, 0.1) is 23.8 Å². The van der Waals surface area contributed by atoms with Gasteiger partial charge in [0.25, 0.3) is 0 Å². The zero-order valence-electron chi connectivity index (χ0n) is 10.7. The number of hydrogen-bond donors (Lipinski definition) is 0. The highest BCUT2D eigenvalue weighted by Crippen LogP contribution is 2.34. The van der Waals surface area contributed by atoms with E-state index in [0.29, 0.717) is 0 Å². The van der Waals surface area contributed by atoms with Crippen LogP contribution in [0.25, 0.3) is 11.1 Å². The molecule has 0 radical (unpaired) electrons.